The van der Waals surface area contributed by atoms with Crippen molar-refractivity contribution in [1.82, 2.24) is 19.7 Å². The van der Waals surface area contributed by atoms with Gasteiger partial charge in [0.2, 0.25) is 5.91 Å². The molecule has 0 aliphatic carbocycles. The molecule has 1 amide bonds. The van der Waals surface area contributed by atoms with Crippen LogP contribution in [0.15, 0.2) is 16.7 Å². The number of anilines is 1. The third kappa shape index (κ3) is 4.71. The maximum atomic E-state index is 12.8. The van der Waals surface area contributed by atoms with Gasteiger partial charge in [0.05, 0.1) is 13.7 Å². The molecule has 0 aliphatic rings. The smallest absolute Gasteiger partial charge is 0.436 e. The first-order valence-corrected chi connectivity index (χ1v) is 9.12. The molecule has 0 unspecified atom stereocenters. The number of halogens is 3. The zero-order chi connectivity index (χ0) is 22.3. The molecule has 8 nitrogen and oxygen atoms in total. The molecule has 3 rings (SSSR count). The van der Waals surface area contributed by atoms with Gasteiger partial charge >= 0.3 is 6.18 Å². The second-order valence-electron chi connectivity index (χ2n) is 8.12. The molecule has 0 spiro atoms. The highest BCUT2D eigenvalue weighted by Crippen LogP contribution is 2.30. The Morgan fingerprint density at radius 1 is 1.23 bits per heavy atom. The maximum Gasteiger partial charge on any atom is 0.436 e. The molecule has 3 aromatic heterocycles. The molecule has 3 heterocycles. The lowest BCUT2D eigenvalue weighted by Gasteiger charge is -2.17. The molecule has 0 atom stereocenters. The Kier molecular flexibility index (Phi) is 5.48. The van der Waals surface area contributed by atoms with Gasteiger partial charge in [0.15, 0.2) is 22.9 Å². The van der Waals surface area contributed by atoms with Gasteiger partial charge in [-0.15, -0.1) is 0 Å². The lowest BCUT2D eigenvalue weighted by molar-refractivity contribution is -0.142. The predicted octanol–water partition coefficient (Wildman–Crippen LogP) is 4.18. The monoisotopic (exact) mass is 425 g/mol. The summed E-state index contributed by atoms with van der Waals surface area (Å²) in [6.45, 7) is 7.56. The summed E-state index contributed by atoms with van der Waals surface area (Å²) in [6.07, 6.45) is -4.30. The van der Waals surface area contributed by atoms with E-state index < -0.39 is 11.9 Å². The molecule has 30 heavy (non-hydrogen) atoms. The Hall–Kier alpha value is -3.11. The molecule has 162 valence electrons. The molecule has 0 aromatic carbocycles. The number of carbonyl (C=O) groups excluding carboxylic acids is 1. The number of aromatic nitrogens is 4. The van der Waals surface area contributed by atoms with Crippen molar-refractivity contribution in [2.45, 2.75) is 46.8 Å². The number of hydrogen-bond acceptors (Lipinski definition) is 6. The van der Waals surface area contributed by atoms with Gasteiger partial charge in [-0.25, -0.2) is 4.98 Å². The second kappa shape index (κ2) is 7.62. The summed E-state index contributed by atoms with van der Waals surface area (Å²) in [4.78, 5) is 21.1. The Morgan fingerprint density at radius 3 is 2.50 bits per heavy atom. The van der Waals surface area contributed by atoms with Crippen molar-refractivity contribution >= 4 is 22.9 Å². The molecule has 0 saturated carbocycles. The minimum absolute atomic E-state index is 0.0197. The van der Waals surface area contributed by atoms with Gasteiger partial charge in [-0.05, 0) is 18.4 Å². The molecule has 0 saturated heterocycles. The Bertz CT molecular complexity index is 1080. The number of methoxy groups -OCH3 is 1. The van der Waals surface area contributed by atoms with Crippen molar-refractivity contribution < 1.29 is 27.2 Å². The average Bonchev–Trinajstić information content (AvgIpc) is 3.18. The molecule has 0 radical (unpaired) electrons. The molecule has 0 fully saturated rings. The highest BCUT2D eigenvalue weighted by atomic mass is 19.4. The van der Waals surface area contributed by atoms with E-state index in [2.05, 4.69) is 20.4 Å². The summed E-state index contributed by atoms with van der Waals surface area (Å²) >= 11 is 0. The van der Waals surface area contributed by atoms with Crippen LogP contribution in [0.4, 0.5) is 19.0 Å². The number of aryl methyl sites for hydroxylation is 1. The van der Waals surface area contributed by atoms with E-state index in [-0.39, 0.29) is 41.7 Å². The van der Waals surface area contributed by atoms with E-state index in [0.717, 1.165) is 6.07 Å². The Balaban J connectivity index is 1.93. The van der Waals surface area contributed by atoms with Gasteiger partial charge in [-0.2, -0.15) is 18.2 Å². The Morgan fingerprint density at radius 2 is 1.93 bits per heavy atom. The van der Waals surface area contributed by atoms with Crippen molar-refractivity contribution in [2.75, 3.05) is 12.4 Å². The van der Waals surface area contributed by atoms with Crippen LogP contribution in [0.1, 0.15) is 44.3 Å². The Labute approximate surface area is 170 Å². The normalized spacial score (nSPS) is 12.4. The number of carbonyl (C=O) groups is 1. The third-order valence-corrected chi connectivity index (χ3v) is 4.20. The third-order valence-electron chi connectivity index (χ3n) is 4.20. The molecular weight excluding hydrogens is 403 g/mol. The van der Waals surface area contributed by atoms with Crippen molar-refractivity contribution in [3.8, 4) is 5.88 Å². The van der Waals surface area contributed by atoms with Gasteiger partial charge in [-0.3, -0.25) is 4.79 Å². The fourth-order valence-corrected chi connectivity index (χ4v) is 2.92. The summed E-state index contributed by atoms with van der Waals surface area (Å²) in [5.74, 6) is 0.0614. The zero-order valence-electron chi connectivity index (χ0n) is 17.2. The predicted molar refractivity (Wildman–Crippen MR) is 102 cm³/mol. The van der Waals surface area contributed by atoms with Crippen LogP contribution in [0.2, 0.25) is 0 Å². The van der Waals surface area contributed by atoms with Crippen molar-refractivity contribution in [3.05, 3.63) is 29.3 Å². The molecule has 0 aliphatic heterocycles. The standard InChI is InChI=1S/C19H22F3N5O3/c1-10-6-12-16(27(10)9-11-7-13(26-30-11)19(20,21)22)25-17(29-5)15(23-12)24-14(28)8-18(2,3)4/h6-7H,8-9H2,1-5H3,(H,23,24,28). The van der Waals surface area contributed by atoms with Gasteiger partial charge in [-0.1, -0.05) is 25.9 Å². The highest BCUT2D eigenvalue weighted by molar-refractivity contribution is 5.92. The van der Waals surface area contributed by atoms with Crippen LogP contribution in [0, 0.1) is 12.3 Å². The molecule has 0 bridgehead atoms. The van der Waals surface area contributed by atoms with Crippen LogP contribution < -0.4 is 10.1 Å². The van der Waals surface area contributed by atoms with Gasteiger partial charge < -0.3 is 19.1 Å². The topological polar surface area (TPSA) is 95.1 Å². The number of nitrogens with one attached hydrogen (secondary N) is 1. The number of amides is 1. The molecule has 3 aromatic rings. The minimum atomic E-state index is -4.58. The van der Waals surface area contributed by atoms with E-state index in [1.165, 1.54) is 7.11 Å². The van der Waals surface area contributed by atoms with Gasteiger partial charge in [0.1, 0.15) is 5.52 Å². The summed E-state index contributed by atoms with van der Waals surface area (Å²) in [6, 6.07) is 2.55. The summed E-state index contributed by atoms with van der Waals surface area (Å²) in [5, 5.41) is 5.77. The van der Waals surface area contributed by atoms with E-state index in [1.54, 1.807) is 17.6 Å². The SMILES string of the molecule is COc1nc2c(cc(C)n2Cc2cc(C(F)(F)F)no2)nc1NC(=O)CC(C)(C)C. The first kappa shape index (κ1) is 21.6. The number of rotatable bonds is 5. The number of ether oxygens (including phenoxy) is 1. The second-order valence-corrected chi connectivity index (χ2v) is 8.12. The first-order chi connectivity index (χ1) is 13.9. The van der Waals surface area contributed by atoms with E-state index >= 15 is 0 Å². The van der Waals surface area contributed by atoms with Crippen molar-refractivity contribution in [1.29, 1.82) is 0 Å². The quantitative estimate of drug-likeness (QED) is 0.659. The summed E-state index contributed by atoms with van der Waals surface area (Å²) < 4.78 is 50.0. The number of alkyl halides is 3. The fraction of sp³-hybridized carbons (Fsp3) is 0.474. The summed E-state index contributed by atoms with van der Waals surface area (Å²) in [7, 11) is 1.39. The van der Waals surface area contributed by atoms with E-state index in [0.29, 0.717) is 16.9 Å². The van der Waals surface area contributed by atoms with E-state index in [1.807, 2.05) is 20.8 Å². The zero-order valence-corrected chi connectivity index (χ0v) is 17.2. The average molecular weight is 425 g/mol. The largest absolute Gasteiger partial charge is 0.478 e. The van der Waals surface area contributed by atoms with Crippen LogP contribution in [-0.4, -0.2) is 32.7 Å². The number of fused-ring (bicyclic) bond motifs is 1. The minimum Gasteiger partial charge on any atom is -0.478 e. The van der Waals surface area contributed by atoms with Crippen molar-refractivity contribution in [3.63, 3.8) is 0 Å². The molecular formula is C19H22F3N5O3. The lowest BCUT2D eigenvalue weighted by atomic mass is 9.92. The number of nitrogens with zero attached hydrogens (tertiary/aromatic N) is 4. The highest BCUT2D eigenvalue weighted by Gasteiger charge is 2.35. The van der Waals surface area contributed by atoms with Crippen LogP contribution in [0.25, 0.3) is 11.2 Å². The van der Waals surface area contributed by atoms with Crippen LogP contribution in [0.5, 0.6) is 5.88 Å². The number of hydrogen-bond donors (Lipinski definition) is 1. The van der Waals surface area contributed by atoms with Crippen molar-refractivity contribution in [2.24, 2.45) is 5.41 Å². The van der Waals surface area contributed by atoms with Gasteiger partial charge in [0, 0.05) is 18.2 Å². The maximum absolute atomic E-state index is 12.8. The summed E-state index contributed by atoms with van der Waals surface area (Å²) in [5.41, 5.74) is 0.216. The molecule has 1 N–H and O–H groups in total. The van der Waals surface area contributed by atoms with Gasteiger partial charge in [0.25, 0.3) is 5.88 Å². The first-order valence-electron chi connectivity index (χ1n) is 9.12. The van der Waals surface area contributed by atoms with Crippen LogP contribution in [0.3, 0.4) is 0 Å². The fourth-order valence-electron chi connectivity index (χ4n) is 2.92. The van der Waals surface area contributed by atoms with Crippen LogP contribution >= 0.6 is 0 Å². The molecule has 11 heteroatoms. The van der Waals surface area contributed by atoms with E-state index in [4.69, 9.17) is 9.26 Å². The van der Waals surface area contributed by atoms with E-state index in [9.17, 15) is 18.0 Å². The lowest BCUT2D eigenvalue weighted by Crippen LogP contribution is -2.20. The van der Waals surface area contributed by atoms with Crippen LogP contribution in [-0.2, 0) is 17.5 Å².